The third-order valence-electron chi connectivity index (χ3n) is 3.03. The summed E-state index contributed by atoms with van der Waals surface area (Å²) in [7, 11) is 0. The summed E-state index contributed by atoms with van der Waals surface area (Å²) in [5.74, 6) is -0.541. The fourth-order valence-electron chi connectivity index (χ4n) is 2.19. The van der Waals surface area contributed by atoms with Crippen LogP contribution in [0.3, 0.4) is 0 Å². The number of hydrogen-bond acceptors (Lipinski definition) is 2. The van der Waals surface area contributed by atoms with Crippen molar-refractivity contribution in [1.82, 2.24) is 0 Å². The lowest BCUT2D eigenvalue weighted by atomic mass is 9.90. The molecule has 0 radical (unpaired) electrons. The Morgan fingerprint density at radius 3 is 2.37 bits per heavy atom. The number of benzene rings is 2. The molecule has 98 valence electrons. The Balaban J connectivity index is 2.43. The molecule has 0 bridgehead atoms. The fraction of sp³-hybridized carbons (Fsp3) is 0.235. The second kappa shape index (κ2) is 6.19. The normalized spacial score (nSPS) is 11.9. The van der Waals surface area contributed by atoms with Crippen LogP contribution in [0.4, 0.5) is 0 Å². The number of carbonyl (C=O) groups is 1. The molecule has 2 heteroatoms. The van der Waals surface area contributed by atoms with Crippen LogP contribution in [-0.4, -0.2) is 12.6 Å². The quantitative estimate of drug-likeness (QED) is 0.778. The summed E-state index contributed by atoms with van der Waals surface area (Å²) >= 11 is 0. The number of hydrogen-bond donors (Lipinski definition) is 0. The Kier molecular flexibility index (Phi) is 4.35. The SMILES string of the molecule is CCOC(=O)C(c1ccccc1)c1cccc(C)c1. The molecule has 0 spiro atoms. The summed E-state index contributed by atoms with van der Waals surface area (Å²) in [6.45, 7) is 4.25. The van der Waals surface area contributed by atoms with Crippen molar-refractivity contribution < 1.29 is 9.53 Å². The number of carbonyl (C=O) groups excluding carboxylic acids is 1. The average Bonchev–Trinajstić information content (AvgIpc) is 2.40. The smallest absolute Gasteiger partial charge is 0.317 e. The summed E-state index contributed by atoms with van der Waals surface area (Å²) in [6, 6.07) is 17.8. The van der Waals surface area contributed by atoms with Crippen molar-refractivity contribution in [3.63, 3.8) is 0 Å². The Bertz CT molecular complexity index is 546. The Hall–Kier alpha value is -2.09. The van der Waals surface area contributed by atoms with Gasteiger partial charge in [0.2, 0.25) is 0 Å². The lowest BCUT2D eigenvalue weighted by molar-refractivity contribution is -0.143. The van der Waals surface area contributed by atoms with Crippen molar-refractivity contribution in [2.75, 3.05) is 6.61 Å². The highest BCUT2D eigenvalue weighted by Crippen LogP contribution is 2.26. The maximum absolute atomic E-state index is 12.2. The number of esters is 1. The molecule has 0 aliphatic carbocycles. The predicted octanol–water partition coefficient (Wildman–Crippen LogP) is 3.69. The lowest BCUT2D eigenvalue weighted by Crippen LogP contribution is -2.17. The molecule has 0 fully saturated rings. The maximum Gasteiger partial charge on any atom is 0.317 e. The van der Waals surface area contributed by atoms with Gasteiger partial charge in [-0.05, 0) is 25.0 Å². The predicted molar refractivity (Wildman–Crippen MR) is 76.1 cm³/mol. The zero-order valence-corrected chi connectivity index (χ0v) is 11.3. The highest BCUT2D eigenvalue weighted by molar-refractivity contribution is 5.82. The van der Waals surface area contributed by atoms with Gasteiger partial charge in [-0.3, -0.25) is 4.79 Å². The molecule has 2 rings (SSSR count). The molecule has 0 heterocycles. The van der Waals surface area contributed by atoms with E-state index >= 15 is 0 Å². The molecule has 0 aliphatic rings. The lowest BCUT2D eigenvalue weighted by Gasteiger charge is -2.17. The van der Waals surface area contributed by atoms with Crippen molar-refractivity contribution >= 4 is 5.97 Å². The number of rotatable bonds is 4. The van der Waals surface area contributed by atoms with Gasteiger partial charge in [0.25, 0.3) is 0 Å². The van der Waals surface area contributed by atoms with Gasteiger partial charge in [0.1, 0.15) is 5.92 Å². The molecule has 1 unspecified atom stereocenters. The Morgan fingerprint density at radius 2 is 1.74 bits per heavy atom. The van der Waals surface area contributed by atoms with Gasteiger partial charge in [-0.15, -0.1) is 0 Å². The van der Waals surface area contributed by atoms with Crippen LogP contribution in [0, 0.1) is 6.92 Å². The molecule has 0 saturated heterocycles. The molecule has 2 aromatic carbocycles. The first-order valence-corrected chi connectivity index (χ1v) is 6.50. The van der Waals surface area contributed by atoms with E-state index in [1.165, 1.54) is 0 Å². The van der Waals surface area contributed by atoms with E-state index in [4.69, 9.17) is 4.74 Å². The van der Waals surface area contributed by atoms with Gasteiger partial charge in [-0.2, -0.15) is 0 Å². The summed E-state index contributed by atoms with van der Waals surface area (Å²) < 4.78 is 5.21. The van der Waals surface area contributed by atoms with Gasteiger partial charge in [0, 0.05) is 0 Å². The zero-order chi connectivity index (χ0) is 13.7. The molecule has 0 saturated carbocycles. The van der Waals surface area contributed by atoms with E-state index in [9.17, 15) is 4.79 Å². The Morgan fingerprint density at radius 1 is 1.05 bits per heavy atom. The minimum Gasteiger partial charge on any atom is -0.465 e. The van der Waals surface area contributed by atoms with Crippen LogP contribution < -0.4 is 0 Å². The van der Waals surface area contributed by atoms with E-state index < -0.39 is 0 Å². The molecule has 1 atom stereocenters. The van der Waals surface area contributed by atoms with E-state index in [2.05, 4.69) is 0 Å². The van der Waals surface area contributed by atoms with E-state index in [0.29, 0.717) is 6.61 Å². The van der Waals surface area contributed by atoms with Crippen LogP contribution in [0.1, 0.15) is 29.5 Å². The third kappa shape index (κ3) is 3.22. The second-order valence-electron chi connectivity index (χ2n) is 4.51. The van der Waals surface area contributed by atoms with Crippen LogP contribution in [0.5, 0.6) is 0 Å². The van der Waals surface area contributed by atoms with Crippen LogP contribution in [0.25, 0.3) is 0 Å². The van der Waals surface area contributed by atoms with Gasteiger partial charge >= 0.3 is 5.97 Å². The average molecular weight is 254 g/mol. The van der Waals surface area contributed by atoms with Gasteiger partial charge in [-0.1, -0.05) is 60.2 Å². The fourth-order valence-corrected chi connectivity index (χ4v) is 2.19. The van der Waals surface area contributed by atoms with E-state index in [0.717, 1.165) is 16.7 Å². The molecule has 0 N–H and O–H groups in total. The summed E-state index contributed by atoms with van der Waals surface area (Å²) in [4.78, 5) is 12.2. The van der Waals surface area contributed by atoms with Crippen molar-refractivity contribution in [2.24, 2.45) is 0 Å². The molecule has 19 heavy (non-hydrogen) atoms. The van der Waals surface area contributed by atoms with Gasteiger partial charge in [0.05, 0.1) is 6.61 Å². The first-order valence-electron chi connectivity index (χ1n) is 6.50. The Labute approximate surface area is 114 Å². The molecule has 0 amide bonds. The van der Waals surface area contributed by atoms with Crippen molar-refractivity contribution in [3.05, 3.63) is 71.3 Å². The van der Waals surface area contributed by atoms with Gasteiger partial charge in [-0.25, -0.2) is 0 Å². The van der Waals surface area contributed by atoms with E-state index in [1.807, 2.05) is 68.4 Å². The molecular weight excluding hydrogens is 236 g/mol. The molecule has 2 nitrogen and oxygen atoms in total. The molecule has 0 aromatic heterocycles. The van der Waals surface area contributed by atoms with Crippen LogP contribution in [-0.2, 0) is 9.53 Å². The summed E-state index contributed by atoms with van der Waals surface area (Å²) in [5, 5.41) is 0. The summed E-state index contributed by atoms with van der Waals surface area (Å²) in [6.07, 6.45) is 0. The maximum atomic E-state index is 12.2. The minimum atomic E-state index is -0.346. The van der Waals surface area contributed by atoms with Crippen LogP contribution in [0.15, 0.2) is 54.6 Å². The first-order chi connectivity index (χ1) is 9.22. The second-order valence-corrected chi connectivity index (χ2v) is 4.51. The summed E-state index contributed by atoms with van der Waals surface area (Å²) in [5.41, 5.74) is 3.08. The van der Waals surface area contributed by atoms with Gasteiger partial charge in [0.15, 0.2) is 0 Å². The molecule has 0 aliphatic heterocycles. The largest absolute Gasteiger partial charge is 0.465 e. The van der Waals surface area contributed by atoms with Gasteiger partial charge < -0.3 is 4.74 Å². The standard InChI is InChI=1S/C17H18O2/c1-3-19-17(18)16(14-9-5-4-6-10-14)15-11-7-8-13(2)12-15/h4-12,16H,3H2,1-2H3. The number of ether oxygens (including phenoxy) is 1. The third-order valence-corrected chi connectivity index (χ3v) is 3.03. The molecular formula is C17H18O2. The highest BCUT2D eigenvalue weighted by Gasteiger charge is 2.23. The molecule has 2 aromatic rings. The van der Waals surface area contributed by atoms with E-state index in [1.54, 1.807) is 0 Å². The first kappa shape index (κ1) is 13.3. The topological polar surface area (TPSA) is 26.3 Å². The van der Waals surface area contributed by atoms with E-state index in [-0.39, 0.29) is 11.9 Å². The number of aryl methyl sites for hydroxylation is 1. The minimum absolute atomic E-state index is 0.195. The van der Waals surface area contributed by atoms with Crippen LogP contribution >= 0.6 is 0 Å². The van der Waals surface area contributed by atoms with Crippen LogP contribution in [0.2, 0.25) is 0 Å². The van der Waals surface area contributed by atoms with Crippen molar-refractivity contribution in [3.8, 4) is 0 Å². The van der Waals surface area contributed by atoms with Crippen molar-refractivity contribution in [1.29, 1.82) is 0 Å². The highest BCUT2D eigenvalue weighted by atomic mass is 16.5. The monoisotopic (exact) mass is 254 g/mol. The van der Waals surface area contributed by atoms with Crippen molar-refractivity contribution in [2.45, 2.75) is 19.8 Å². The zero-order valence-electron chi connectivity index (χ0n) is 11.3.